The van der Waals surface area contributed by atoms with Gasteiger partial charge < -0.3 is 4.90 Å². The second-order valence-corrected chi connectivity index (χ2v) is 11.5. The molecule has 3 heteroatoms. The predicted molar refractivity (Wildman–Crippen MR) is 116 cm³/mol. The van der Waals surface area contributed by atoms with E-state index in [0.29, 0.717) is 6.04 Å². The third-order valence-electron chi connectivity index (χ3n) is 8.45. The van der Waals surface area contributed by atoms with Crippen molar-refractivity contribution < 1.29 is 0 Å². The summed E-state index contributed by atoms with van der Waals surface area (Å²) in [5.74, 6) is 3.70. The SMILES string of the molecule is Cc1ccccc1N1[C@@H](C)c2sc3ccsc3c2C12C1CC3CC(C1)C2C3. The number of para-hydroxylation sites is 1. The normalized spacial score (nSPS) is 38.6. The van der Waals surface area contributed by atoms with Gasteiger partial charge in [0.15, 0.2) is 0 Å². The molecule has 6 atom stereocenters. The molecule has 4 aliphatic carbocycles. The number of anilines is 1. The summed E-state index contributed by atoms with van der Waals surface area (Å²) in [7, 11) is 0. The van der Waals surface area contributed by atoms with Crippen LogP contribution in [0.25, 0.3) is 9.40 Å². The van der Waals surface area contributed by atoms with Gasteiger partial charge in [-0.25, -0.2) is 0 Å². The highest BCUT2D eigenvalue weighted by Gasteiger charge is 2.69. The third-order valence-corrected chi connectivity index (χ3v) is 10.8. The smallest absolute Gasteiger partial charge is 0.0745 e. The van der Waals surface area contributed by atoms with Crippen molar-refractivity contribution in [2.75, 3.05) is 4.90 Å². The van der Waals surface area contributed by atoms with E-state index >= 15 is 0 Å². The van der Waals surface area contributed by atoms with Gasteiger partial charge >= 0.3 is 0 Å². The maximum Gasteiger partial charge on any atom is 0.0745 e. The summed E-state index contributed by atoms with van der Waals surface area (Å²) in [4.78, 5) is 4.61. The Kier molecular flexibility index (Phi) is 2.88. The minimum absolute atomic E-state index is 0.266. The second kappa shape index (κ2) is 4.99. The molecule has 1 aromatic carbocycles. The molecule has 1 aliphatic heterocycles. The topological polar surface area (TPSA) is 3.24 Å². The van der Waals surface area contributed by atoms with Crippen molar-refractivity contribution in [2.45, 2.75) is 51.1 Å². The van der Waals surface area contributed by atoms with Crippen molar-refractivity contribution in [3.05, 3.63) is 51.7 Å². The molecule has 5 aliphatic rings. The van der Waals surface area contributed by atoms with Crippen LogP contribution in [-0.4, -0.2) is 0 Å². The van der Waals surface area contributed by atoms with E-state index in [1.165, 1.54) is 41.6 Å². The van der Waals surface area contributed by atoms with Gasteiger partial charge in [-0.3, -0.25) is 0 Å². The molecule has 5 unspecified atom stereocenters. The quantitative estimate of drug-likeness (QED) is 0.427. The van der Waals surface area contributed by atoms with E-state index in [1.807, 2.05) is 11.3 Å². The lowest BCUT2D eigenvalue weighted by Crippen LogP contribution is -2.52. The number of benzene rings is 1. The highest BCUT2D eigenvalue weighted by Crippen LogP contribution is 2.74. The Labute approximate surface area is 169 Å². The number of aryl methyl sites for hydroxylation is 1. The Morgan fingerprint density at radius 2 is 1.96 bits per heavy atom. The molecule has 3 heterocycles. The molecule has 4 fully saturated rings. The molecule has 0 radical (unpaired) electrons. The van der Waals surface area contributed by atoms with E-state index in [9.17, 15) is 0 Å². The van der Waals surface area contributed by atoms with Crippen molar-refractivity contribution >= 4 is 37.8 Å². The van der Waals surface area contributed by atoms with Crippen LogP contribution in [0.4, 0.5) is 5.69 Å². The fraction of sp³-hybridized carbons (Fsp3) is 0.500. The lowest BCUT2D eigenvalue weighted by Gasteiger charge is -2.51. The summed E-state index contributed by atoms with van der Waals surface area (Å²) in [5, 5.41) is 2.32. The van der Waals surface area contributed by atoms with Crippen LogP contribution in [0.3, 0.4) is 0 Å². The number of nitrogens with zero attached hydrogens (tertiary/aromatic N) is 1. The minimum Gasteiger partial charge on any atom is -0.353 e. The first-order valence-corrected chi connectivity index (χ1v) is 12.2. The summed E-state index contributed by atoms with van der Waals surface area (Å²) in [6.07, 6.45) is 5.91. The summed E-state index contributed by atoms with van der Waals surface area (Å²) < 4.78 is 3.16. The Morgan fingerprint density at radius 1 is 1.07 bits per heavy atom. The van der Waals surface area contributed by atoms with E-state index < -0.39 is 0 Å². The number of rotatable bonds is 1. The molecule has 1 spiro atoms. The van der Waals surface area contributed by atoms with Crippen molar-refractivity contribution in [3.8, 4) is 0 Å². The third kappa shape index (κ3) is 1.65. The van der Waals surface area contributed by atoms with E-state index in [1.54, 1.807) is 15.1 Å². The summed E-state index contributed by atoms with van der Waals surface area (Å²) >= 11 is 4.09. The summed E-state index contributed by atoms with van der Waals surface area (Å²) in [6, 6.07) is 12.0. The molecular weight excluding hydrogens is 366 g/mol. The van der Waals surface area contributed by atoms with Gasteiger partial charge in [-0.2, -0.15) is 0 Å². The van der Waals surface area contributed by atoms with Crippen molar-refractivity contribution in [3.63, 3.8) is 0 Å². The van der Waals surface area contributed by atoms with Crippen LogP contribution in [0.1, 0.15) is 54.7 Å². The number of hydrogen-bond donors (Lipinski definition) is 0. The van der Waals surface area contributed by atoms with Gasteiger partial charge in [0.2, 0.25) is 0 Å². The van der Waals surface area contributed by atoms with Gasteiger partial charge in [0.25, 0.3) is 0 Å². The van der Waals surface area contributed by atoms with E-state index in [0.717, 1.165) is 23.7 Å². The van der Waals surface area contributed by atoms with E-state index in [4.69, 9.17) is 0 Å². The molecule has 8 rings (SSSR count). The van der Waals surface area contributed by atoms with Crippen molar-refractivity contribution in [1.29, 1.82) is 0 Å². The number of thiophene rings is 2. The Bertz CT molecular complexity index is 1070. The van der Waals surface area contributed by atoms with E-state index in [2.05, 4.69) is 65.8 Å². The molecule has 4 saturated carbocycles. The zero-order valence-corrected chi connectivity index (χ0v) is 17.6. The second-order valence-electron chi connectivity index (χ2n) is 9.49. The maximum atomic E-state index is 2.93. The fourth-order valence-electron chi connectivity index (χ4n) is 7.84. The van der Waals surface area contributed by atoms with Gasteiger partial charge in [0, 0.05) is 20.8 Å². The van der Waals surface area contributed by atoms with Crippen LogP contribution < -0.4 is 4.90 Å². The lowest BCUT2D eigenvalue weighted by molar-refractivity contribution is 0.149. The number of hydrogen-bond acceptors (Lipinski definition) is 3. The first-order chi connectivity index (χ1) is 13.2. The van der Waals surface area contributed by atoms with Crippen molar-refractivity contribution in [1.82, 2.24) is 0 Å². The zero-order chi connectivity index (χ0) is 17.9. The summed E-state index contributed by atoms with van der Waals surface area (Å²) in [6.45, 7) is 4.80. The fourth-order valence-corrected chi connectivity index (χ4v) is 10.4. The van der Waals surface area contributed by atoms with Gasteiger partial charge in [-0.05, 0) is 86.3 Å². The average molecular weight is 392 g/mol. The molecule has 138 valence electrons. The molecule has 0 saturated heterocycles. The average Bonchev–Trinajstić information content (AvgIpc) is 3.39. The first kappa shape index (κ1) is 15.6. The van der Waals surface area contributed by atoms with Gasteiger partial charge in [0.1, 0.15) is 0 Å². The van der Waals surface area contributed by atoms with Crippen LogP contribution in [0, 0.1) is 30.6 Å². The molecule has 4 bridgehead atoms. The van der Waals surface area contributed by atoms with Crippen LogP contribution in [0.15, 0.2) is 35.7 Å². The van der Waals surface area contributed by atoms with Crippen LogP contribution in [-0.2, 0) is 5.54 Å². The van der Waals surface area contributed by atoms with Crippen LogP contribution in [0.2, 0.25) is 0 Å². The van der Waals surface area contributed by atoms with Crippen LogP contribution in [0.5, 0.6) is 0 Å². The first-order valence-electron chi connectivity index (χ1n) is 10.5. The van der Waals surface area contributed by atoms with Crippen molar-refractivity contribution in [2.24, 2.45) is 23.7 Å². The zero-order valence-electron chi connectivity index (χ0n) is 15.9. The molecule has 2 aromatic heterocycles. The maximum absolute atomic E-state index is 2.93. The van der Waals surface area contributed by atoms with Gasteiger partial charge in [-0.15, -0.1) is 22.7 Å². The molecule has 3 aromatic rings. The lowest BCUT2D eigenvalue weighted by atomic mass is 9.67. The Morgan fingerprint density at radius 3 is 2.81 bits per heavy atom. The van der Waals surface area contributed by atoms with Gasteiger partial charge in [0.05, 0.1) is 16.3 Å². The molecule has 27 heavy (non-hydrogen) atoms. The van der Waals surface area contributed by atoms with Gasteiger partial charge in [-0.1, -0.05) is 18.2 Å². The molecular formula is C24H25NS2. The Balaban J connectivity index is 1.57. The highest BCUT2D eigenvalue weighted by molar-refractivity contribution is 7.27. The Hall–Kier alpha value is -1.32. The largest absolute Gasteiger partial charge is 0.353 e. The highest BCUT2D eigenvalue weighted by atomic mass is 32.1. The standard InChI is InChI=1S/C24H25NS2/c1-13-5-3-4-6-19(13)25-14(2)22-21(23-20(27-22)7-8-26-23)24(25)17-10-15-9-16(12-17)18(24)11-15/h3-8,14-18H,9-12H2,1-2H3/t14-,15?,16?,17?,18?,24?/m0/s1. The number of fused-ring (bicyclic) bond motifs is 3. The molecule has 1 nitrogen and oxygen atoms in total. The molecule has 0 amide bonds. The molecule has 0 N–H and O–H groups in total. The monoisotopic (exact) mass is 391 g/mol. The van der Waals surface area contributed by atoms with E-state index in [-0.39, 0.29) is 5.54 Å². The minimum atomic E-state index is 0.266. The van der Waals surface area contributed by atoms with Crippen LogP contribution >= 0.6 is 22.7 Å². The predicted octanol–water partition coefficient (Wildman–Crippen LogP) is 7.11. The summed E-state index contributed by atoms with van der Waals surface area (Å²) in [5.41, 5.74) is 4.97.